The van der Waals surface area contributed by atoms with Crippen LogP contribution in [0.3, 0.4) is 0 Å². The van der Waals surface area contributed by atoms with Crippen molar-refractivity contribution >= 4 is 11.8 Å². The van der Waals surface area contributed by atoms with Crippen LogP contribution in [0.15, 0.2) is 47.4 Å². The molecule has 0 bridgehead atoms. The fraction of sp³-hybridized carbons (Fsp3) is 0.333. The van der Waals surface area contributed by atoms with Crippen LogP contribution >= 0.6 is 11.8 Å². The zero-order chi connectivity index (χ0) is 14.8. The molecule has 1 aliphatic heterocycles. The normalized spacial score (nSPS) is 18.3. The number of thioether (sulfide) groups is 1. The van der Waals surface area contributed by atoms with Crippen LogP contribution < -0.4 is 10.5 Å². The molecule has 0 saturated heterocycles. The third kappa shape index (κ3) is 3.25. The summed E-state index contributed by atoms with van der Waals surface area (Å²) in [5.74, 6) is 0.932. The van der Waals surface area contributed by atoms with Crippen molar-refractivity contribution < 1.29 is 4.74 Å². The molecule has 0 amide bonds. The van der Waals surface area contributed by atoms with Crippen LogP contribution in [0.1, 0.15) is 29.7 Å². The first-order chi connectivity index (χ1) is 10.1. The summed E-state index contributed by atoms with van der Waals surface area (Å²) in [7, 11) is 0. The van der Waals surface area contributed by atoms with E-state index in [4.69, 9.17) is 10.5 Å². The molecule has 3 rings (SSSR count). The van der Waals surface area contributed by atoms with Gasteiger partial charge in [-0.2, -0.15) is 0 Å². The van der Waals surface area contributed by atoms with Crippen molar-refractivity contribution in [3.8, 4) is 5.75 Å². The van der Waals surface area contributed by atoms with Crippen molar-refractivity contribution in [1.82, 2.24) is 0 Å². The summed E-state index contributed by atoms with van der Waals surface area (Å²) in [6, 6.07) is 14.9. The number of rotatable bonds is 4. The van der Waals surface area contributed by atoms with Crippen LogP contribution in [-0.4, -0.2) is 11.9 Å². The maximum Gasteiger partial charge on any atom is 0.124 e. The number of aryl methyl sites for hydroxylation is 1. The number of benzene rings is 2. The van der Waals surface area contributed by atoms with Crippen LogP contribution in [0.4, 0.5) is 0 Å². The Morgan fingerprint density at radius 1 is 1.29 bits per heavy atom. The SMILES string of the molecule is Cc1ccc([C@H](C)N)c(OCC2Cc3ccccc3S2)c1. The summed E-state index contributed by atoms with van der Waals surface area (Å²) >= 11 is 1.92. The van der Waals surface area contributed by atoms with Gasteiger partial charge in [-0.3, -0.25) is 0 Å². The van der Waals surface area contributed by atoms with Crippen molar-refractivity contribution in [2.45, 2.75) is 36.5 Å². The zero-order valence-corrected chi connectivity index (χ0v) is 13.3. The predicted molar refractivity (Wildman–Crippen MR) is 89.1 cm³/mol. The van der Waals surface area contributed by atoms with E-state index in [0.29, 0.717) is 5.25 Å². The molecule has 1 unspecified atom stereocenters. The summed E-state index contributed by atoms with van der Waals surface area (Å²) < 4.78 is 6.09. The van der Waals surface area contributed by atoms with Gasteiger partial charge in [0.05, 0.1) is 0 Å². The molecule has 0 aromatic heterocycles. The lowest BCUT2D eigenvalue weighted by Gasteiger charge is -2.17. The second-order valence-electron chi connectivity index (χ2n) is 5.69. The van der Waals surface area contributed by atoms with E-state index in [1.807, 2.05) is 18.7 Å². The molecule has 2 atom stereocenters. The lowest BCUT2D eigenvalue weighted by atomic mass is 10.1. The Hall–Kier alpha value is -1.45. The largest absolute Gasteiger partial charge is 0.492 e. The van der Waals surface area contributed by atoms with E-state index in [1.165, 1.54) is 16.0 Å². The van der Waals surface area contributed by atoms with Gasteiger partial charge in [0.15, 0.2) is 0 Å². The van der Waals surface area contributed by atoms with Crippen molar-refractivity contribution in [3.63, 3.8) is 0 Å². The number of ether oxygens (including phenoxy) is 1. The highest BCUT2D eigenvalue weighted by Crippen LogP contribution is 2.37. The summed E-state index contributed by atoms with van der Waals surface area (Å²) in [5, 5.41) is 0.490. The van der Waals surface area contributed by atoms with E-state index < -0.39 is 0 Å². The van der Waals surface area contributed by atoms with Crippen molar-refractivity contribution in [2.24, 2.45) is 5.73 Å². The van der Waals surface area contributed by atoms with Crippen molar-refractivity contribution in [3.05, 3.63) is 59.2 Å². The molecule has 0 radical (unpaired) electrons. The average molecular weight is 299 g/mol. The van der Waals surface area contributed by atoms with Crippen molar-refractivity contribution in [1.29, 1.82) is 0 Å². The molecule has 0 saturated carbocycles. The van der Waals surface area contributed by atoms with Gasteiger partial charge in [-0.1, -0.05) is 30.3 Å². The van der Waals surface area contributed by atoms with Gasteiger partial charge in [0.25, 0.3) is 0 Å². The fourth-order valence-corrected chi connectivity index (χ4v) is 3.89. The van der Waals surface area contributed by atoms with E-state index in [9.17, 15) is 0 Å². The molecular weight excluding hydrogens is 278 g/mol. The molecule has 2 aromatic carbocycles. The molecule has 0 spiro atoms. The minimum atomic E-state index is -0.00553. The van der Waals surface area contributed by atoms with Gasteiger partial charge in [-0.05, 0) is 43.5 Å². The Morgan fingerprint density at radius 2 is 2.10 bits per heavy atom. The van der Waals surface area contributed by atoms with E-state index in [0.717, 1.165) is 24.3 Å². The topological polar surface area (TPSA) is 35.2 Å². The Morgan fingerprint density at radius 3 is 2.86 bits per heavy atom. The van der Waals surface area contributed by atoms with Crippen LogP contribution in [-0.2, 0) is 6.42 Å². The molecule has 0 fully saturated rings. The molecule has 2 aromatic rings. The second kappa shape index (κ2) is 6.12. The van der Waals surface area contributed by atoms with E-state index in [1.54, 1.807) is 0 Å². The highest BCUT2D eigenvalue weighted by atomic mass is 32.2. The quantitative estimate of drug-likeness (QED) is 0.922. The molecule has 2 nitrogen and oxygen atoms in total. The van der Waals surface area contributed by atoms with Gasteiger partial charge in [0.1, 0.15) is 12.4 Å². The minimum absolute atomic E-state index is 0.00553. The Bertz CT molecular complexity index is 614. The Kier molecular flexibility index (Phi) is 4.22. The lowest BCUT2D eigenvalue weighted by Crippen LogP contribution is -2.16. The third-order valence-electron chi connectivity index (χ3n) is 3.80. The highest BCUT2D eigenvalue weighted by Gasteiger charge is 2.22. The van der Waals surface area contributed by atoms with Crippen LogP contribution in [0.2, 0.25) is 0 Å². The van der Waals surface area contributed by atoms with Crippen LogP contribution in [0, 0.1) is 6.92 Å². The van der Waals surface area contributed by atoms with Crippen LogP contribution in [0.25, 0.3) is 0 Å². The second-order valence-corrected chi connectivity index (χ2v) is 7.03. The third-order valence-corrected chi connectivity index (χ3v) is 5.09. The standard InChI is InChI=1S/C18H21NOS/c1-12-7-8-16(13(2)19)17(9-12)20-11-15-10-14-5-3-4-6-18(14)21-15/h3-9,13,15H,10-11,19H2,1-2H3/t13-,15?/m0/s1. The summed E-state index contributed by atoms with van der Waals surface area (Å²) in [6.07, 6.45) is 1.08. The van der Waals surface area contributed by atoms with Gasteiger partial charge < -0.3 is 10.5 Å². The lowest BCUT2D eigenvalue weighted by molar-refractivity contribution is 0.312. The number of hydrogen-bond acceptors (Lipinski definition) is 3. The zero-order valence-electron chi connectivity index (χ0n) is 12.5. The van der Waals surface area contributed by atoms with E-state index in [2.05, 4.69) is 49.4 Å². The van der Waals surface area contributed by atoms with Gasteiger partial charge in [-0.15, -0.1) is 11.8 Å². The average Bonchev–Trinajstić information content (AvgIpc) is 2.87. The molecule has 110 valence electrons. The smallest absolute Gasteiger partial charge is 0.124 e. The monoisotopic (exact) mass is 299 g/mol. The molecule has 3 heteroatoms. The fourth-order valence-electron chi connectivity index (χ4n) is 2.67. The van der Waals surface area contributed by atoms with Gasteiger partial charge >= 0.3 is 0 Å². The highest BCUT2D eigenvalue weighted by molar-refractivity contribution is 8.00. The number of hydrogen-bond donors (Lipinski definition) is 1. The first-order valence-electron chi connectivity index (χ1n) is 7.37. The molecule has 1 heterocycles. The molecule has 2 N–H and O–H groups in total. The maximum atomic E-state index is 6.09. The molecule has 0 aliphatic carbocycles. The first kappa shape index (κ1) is 14.5. The predicted octanol–water partition coefficient (Wildman–Crippen LogP) is 4.11. The first-order valence-corrected chi connectivity index (χ1v) is 8.25. The van der Waals surface area contributed by atoms with Gasteiger partial charge in [-0.25, -0.2) is 0 Å². The number of fused-ring (bicyclic) bond motifs is 1. The Balaban J connectivity index is 1.68. The summed E-state index contributed by atoms with van der Waals surface area (Å²) in [6.45, 7) is 4.80. The van der Waals surface area contributed by atoms with Crippen LogP contribution in [0.5, 0.6) is 5.75 Å². The molecular formula is C18H21NOS. The minimum Gasteiger partial charge on any atom is -0.492 e. The van der Waals surface area contributed by atoms with Crippen molar-refractivity contribution in [2.75, 3.05) is 6.61 Å². The molecule has 1 aliphatic rings. The molecule has 21 heavy (non-hydrogen) atoms. The van der Waals surface area contributed by atoms with Gasteiger partial charge in [0.2, 0.25) is 0 Å². The number of nitrogens with two attached hydrogens (primary N) is 1. The summed E-state index contributed by atoms with van der Waals surface area (Å²) in [4.78, 5) is 1.39. The maximum absolute atomic E-state index is 6.09. The van der Waals surface area contributed by atoms with E-state index in [-0.39, 0.29) is 6.04 Å². The Labute approximate surface area is 130 Å². The summed E-state index contributed by atoms with van der Waals surface area (Å²) in [5.41, 5.74) is 9.76. The van der Waals surface area contributed by atoms with Gasteiger partial charge in [0, 0.05) is 21.8 Å². The van der Waals surface area contributed by atoms with E-state index >= 15 is 0 Å².